The minimum atomic E-state index is -0.577. The van der Waals surface area contributed by atoms with E-state index in [1.807, 2.05) is 0 Å². The van der Waals surface area contributed by atoms with Crippen LogP contribution < -0.4 is 0 Å². The number of carbonyl (C=O) groups excluding carboxylic acids is 3. The van der Waals surface area contributed by atoms with Gasteiger partial charge in [-0.25, -0.2) is 14.4 Å². The summed E-state index contributed by atoms with van der Waals surface area (Å²) in [5.74, 6) is -1.63. The van der Waals surface area contributed by atoms with Gasteiger partial charge in [0.2, 0.25) is 0 Å². The molecule has 2 aromatic rings. The summed E-state index contributed by atoms with van der Waals surface area (Å²) in [5.41, 5.74) is 0.840. The molecule has 2 aromatic carbocycles. The lowest BCUT2D eigenvalue weighted by atomic mass is 9.92. The van der Waals surface area contributed by atoms with E-state index in [9.17, 15) is 14.4 Å². The van der Waals surface area contributed by atoms with Crippen molar-refractivity contribution in [3.8, 4) is 0 Å². The molecule has 24 heavy (non-hydrogen) atoms. The molecule has 6 heteroatoms. The van der Waals surface area contributed by atoms with Crippen LogP contribution in [-0.2, 0) is 14.2 Å². The van der Waals surface area contributed by atoms with Gasteiger partial charge in [0.15, 0.2) is 0 Å². The second-order valence-electron chi connectivity index (χ2n) is 5.15. The predicted octanol–water partition coefficient (Wildman–Crippen LogP) is 1.93. The third-order valence-electron chi connectivity index (χ3n) is 3.97. The van der Waals surface area contributed by atoms with E-state index in [-0.39, 0.29) is 11.1 Å². The topological polar surface area (TPSA) is 78.9 Å². The summed E-state index contributed by atoms with van der Waals surface area (Å²) in [6.07, 6.45) is 0. The van der Waals surface area contributed by atoms with Gasteiger partial charge in [-0.2, -0.15) is 0 Å². The number of rotatable bonds is 3. The van der Waals surface area contributed by atoms with Crippen LogP contribution in [0, 0.1) is 20.9 Å². The molecule has 0 spiro atoms. The van der Waals surface area contributed by atoms with Crippen molar-refractivity contribution in [3.05, 3.63) is 67.9 Å². The van der Waals surface area contributed by atoms with E-state index in [0.717, 1.165) is 5.22 Å². The number of esters is 3. The molecule has 3 rings (SSSR count). The molecule has 0 saturated carbocycles. The van der Waals surface area contributed by atoms with Gasteiger partial charge in [-0.15, -0.1) is 0 Å². The van der Waals surface area contributed by atoms with Crippen molar-refractivity contribution >= 4 is 17.9 Å². The SMILES string of the molecule is COC(=O)c1cc(C(=O)OC)c2c(c1)=c1c(C(=O)OC)cccc1=2. The van der Waals surface area contributed by atoms with Crippen molar-refractivity contribution in [2.75, 3.05) is 21.3 Å². The van der Waals surface area contributed by atoms with Crippen LogP contribution in [0.4, 0.5) is 0 Å². The Kier molecular flexibility index (Phi) is 3.81. The fourth-order valence-electron chi connectivity index (χ4n) is 2.90. The van der Waals surface area contributed by atoms with Crippen LogP contribution in [0.2, 0.25) is 0 Å². The number of carbonyl (C=O) groups is 3. The molecule has 0 aromatic heterocycles. The van der Waals surface area contributed by atoms with Gasteiger partial charge in [0.1, 0.15) is 0 Å². The van der Waals surface area contributed by atoms with Crippen molar-refractivity contribution in [1.29, 1.82) is 0 Å². The van der Waals surface area contributed by atoms with E-state index in [1.165, 1.54) is 27.4 Å². The molecule has 0 fully saturated rings. The zero-order valence-corrected chi connectivity index (χ0v) is 13.3. The van der Waals surface area contributed by atoms with Gasteiger partial charge < -0.3 is 14.2 Å². The Hall–Kier alpha value is -3.15. The van der Waals surface area contributed by atoms with Gasteiger partial charge in [0.05, 0.1) is 38.0 Å². The summed E-state index contributed by atoms with van der Waals surface area (Å²) in [6.45, 7) is 0. The van der Waals surface area contributed by atoms with Gasteiger partial charge in [0, 0.05) is 10.4 Å². The molecule has 0 N–H and O–H groups in total. The Balaban J connectivity index is 2.46. The summed E-state index contributed by atoms with van der Waals surface area (Å²) in [4.78, 5) is 36.0. The van der Waals surface area contributed by atoms with E-state index >= 15 is 0 Å². The maximum Gasteiger partial charge on any atom is 0.338 e. The smallest absolute Gasteiger partial charge is 0.338 e. The van der Waals surface area contributed by atoms with Gasteiger partial charge in [0.25, 0.3) is 0 Å². The molecule has 0 radical (unpaired) electrons. The van der Waals surface area contributed by atoms with Crippen molar-refractivity contribution < 1.29 is 28.6 Å². The fraction of sp³-hybridized carbons (Fsp3) is 0.167. The highest BCUT2D eigenvalue weighted by molar-refractivity contribution is 5.96. The lowest BCUT2D eigenvalue weighted by Gasteiger charge is -2.13. The number of hydrogen-bond donors (Lipinski definition) is 0. The highest BCUT2D eigenvalue weighted by atomic mass is 16.5. The van der Waals surface area contributed by atoms with Gasteiger partial charge in [-0.1, -0.05) is 12.1 Å². The van der Waals surface area contributed by atoms with Crippen LogP contribution in [0.5, 0.6) is 0 Å². The molecule has 0 atom stereocenters. The summed E-state index contributed by atoms with van der Waals surface area (Å²) < 4.78 is 14.3. The molecule has 0 aliphatic heterocycles. The molecule has 6 nitrogen and oxygen atoms in total. The van der Waals surface area contributed by atoms with Crippen LogP contribution >= 0.6 is 0 Å². The summed E-state index contributed by atoms with van der Waals surface area (Å²) >= 11 is 0. The fourth-order valence-corrected chi connectivity index (χ4v) is 2.90. The summed E-state index contributed by atoms with van der Waals surface area (Å²) in [6, 6.07) is 8.18. The summed E-state index contributed by atoms with van der Waals surface area (Å²) in [7, 11) is 3.82. The monoisotopic (exact) mass is 326 g/mol. The molecule has 1 aliphatic carbocycles. The Morgan fingerprint density at radius 3 is 1.92 bits per heavy atom. The third-order valence-corrected chi connectivity index (χ3v) is 3.97. The normalized spacial score (nSPS) is 10.8. The Bertz CT molecular complexity index is 1070. The lowest BCUT2D eigenvalue weighted by molar-refractivity contribution is 0.0588. The van der Waals surface area contributed by atoms with Crippen molar-refractivity contribution in [1.82, 2.24) is 0 Å². The Labute approximate surface area is 136 Å². The molecule has 122 valence electrons. The Morgan fingerprint density at radius 2 is 1.29 bits per heavy atom. The van der Waals surface area contributed by atoms with E-state index in [1.54, 1.807) is 24.3 Å². The largest absolute Gasteiger partial charge is 0.465 e. The maximum absolute atomic E-state index is 12.1. The van der Waals surface area contributed by atoms with Crippen molar-refractivity contribution in [2.45, 2.75) is 0 Å². The quantitative estimate of drug-likeness (QED) is 0.540. The number of ether oxygens (including phenoxy) is 3. The number of benzene rings is 2. The Morgan fingerprint density at radius 1 is 0.708 bits per heavy atom. The first kappa shape index (κ1) is 15.7. The first-order chi connectivity index (χ1) is 11.5. The van der Waals surface area contributed by atoms with Crippen LogP contribution in [0.25, 0.3) is 0 Å². The average Bonchev–Trinajstić information content (AvgIpc) is 2.62. The first-order valence-corrected chi connectivity index (χ1v) is 7.10. The minimum absolute atomic E-state index is 0.210. The molecular formula is C18H14O6. The standard InChI is InChI=1S/C18H14O6/c1-22-16(19)9-7-12-14-10(5-4-6-11(14)17(20)23-2)15(12)13(8-9)18(21)24-3/h4-8H,1-3H3. The molecule has 1 aliphatic rings. The van der Waals surface area contributed by atoms with Crippen molar-refractivity contribution in [2.24, 2.45) is 0 Å². The van der Waals surface area contributed by atoms with E-state index in [2.05, 4.69) is 0 Å². The molecule has 0 unspecified atom stereocenters. The first-order valence-electron chi connectivity index (χ1n) is 7.10. The molecular weight excluding hydrogens is 312 g/mol. The van der Waals surface area contributed by atoms with Crippen LogP contribution in [0.3, 0.4) is 0 Å². The predicted molar refractivity (Wildman–Crippen MR) is 82.2 cm³/mol. The summed E-state index contributed by atoms with van der Waals surface area (Å²) in [5, 5.41) is 2.66. The van der Waals surface area contributed by atoms with Crippen LogP contribution in [-0.4, -0.2) is 39.2 Å². The van der Waals surface area contributed by atoms with Gasteiger partial charge in [-0.05, 0) is 28.6 Å². The lowest BCUT2D eigenvalue weighted by Crippen LogP contribution is -2.13. The molecule has 0 heterocycles. The third kappa shape index (κ3) is 2.15. The number of fused-ring (bicyclic) bond motifs is 2. The second kappa shape index (κ2) is 5.81. The maximum atomic E-state index is 12.1. The highest BCUT2D eigenvalue weighted by Crippen LogP contribution is 2.23. The molecule has 0 saturated heterocycles. The molecule has 0 bridgehead atoms. The average molecular weight is 326 g/mol. The van der Waals surface area contributed by atoms with E-state index in [0.29, 0.717) is 21.2 Å². The zero-order valence-electron chi connectivity index (χ0n) is 13.3. The number of hydrogen-bond acceptors (Lipinski definition) is 6. The van der Waals surface area contributed by atoms with Gasteiger partial charge >= 0.3 is 17.9 Å². The van der Waals surface area contributed by atoms with Crippen LogP contribution in [0.15, 0.2) is 30.3 Å². The van der Waals surface area contributed by atoms with Crippen LogP contribution in [0.1, 0.15) is 31.1 Å². The van der Waals surface area contributed by atoms with Gasteiger partial charge in [-0.3, -0.25) is 0 Å². The second-order valence-corrected chi connectivity index (χ2v) is 5.15. The van der Waals surface area contributed by atoms with E-state index < -0.39 is 17.9 Å². The zero-order chi connectivity index (χ0) is 17.4. The van der Waals surface area contributed by atoms with Crippen molar-refractivity contribution in [3.63, 3.8) is 0 Å². The minimum Gasteiger partial charge on any atom is -0.465 e. The van der Waals surface area contributed by atoms with E-state index in [4.69, 9.17) is 14.2 Å². The highest BCUT2D eigenvalue weighted by Gasteiger charge is 2.21. The molecule has 0 amide bonds. The number of methoxy groups -OCH3 is 3.